The molecule has 0 radical (unpaired) electrons. The van der Waals surface area contributed by atoms with E-state index in [1.165, 1.54) is 23.1 Å². The minimum absolute atomic E-state index is 0.0223. The lowest BCUT2D eigenvalue weighted by Crippen LogP contribution is -2.53. The number of carbonyl (C=O) groups is 2. The molecule has 0 spiro atoms. The molecule has 0 bridgehead atoms. The van der Waals surface area contributed by atoms with Gasteiger partial charge in [-0.15, -0.1) is 0 Å². The van der Waals surface area contributed by atoms with Crippen molar-refractivity contribution in [3.63, 3.8) is 0 Å². The van der Waals surface area contributed by atoms with Crippen LogP contribution >= 0.6 is 0 Å². The summed E-state index contributed by atoms with van der Waals surface area (Å²) >= 11 is 0. The predicted molar refractivity (Wildman–Crippen MR) is 141 cm³/mol. The van der Waals surface area contributed by atoms with Crippen molar-refractivity contribution in [1.29, 1.82) is 0 Å². The van der Waals surface area contributed by atoms with Gasteiger partial charge in [-0.25, -0.2) is 12.8 Å². The number of ether oxygens (including phenoxy) is 2. The van der Waals surface area contributed by atoms with Gasteiger partial charge in [-0.05, 0) is 49.1 Å². The molecule has 2 aromatic carbocycles. The highest BCUT2D eigenvalue weighted by atomic mass is 32.2. The summed E-state index contributed by atoms with van der Waals surface area (Å²) in [6.07, 6.45) is 5.21. The number of carbonyl (C=O) groups excluding carboxylic acids is 2. The van der Waals surface area contributed by atoms with Crippen LogP contribution in [0.3, 0.4) is 0 Å². The van der Waals surface area contributed by atoms with Crippen molar-refractivity contribution in [3.8, 4) is 11.5 Å². The van der Waals surface area contributed by atoms with Gasteiger partial charge in [0.15, 0.2) is 11.5 Å². The van der Waals surface area contributed by atoms with Crippen LogP contribution in [0.15, 0.2) is 42.5 Å². The lowest BCUT2D eigenvalue weighted by atomic mass is 10.1. The van der Waals surface area contributed by atoms with E-state index >= 15 is 0 Å². The lowest BCUT2D eigenvalue weighted by molar-refractivity contribution is -0.140. The van der Waals surface area contributed by atoms with Crippen molar-refractivity contribution in [2.24, 2.45) is 0 Å². The van der Waals surface area contributed by atoms with Crippen LogP contribution < -0.4 is 19.1 Å². The minimum atomic E-state index is -3.88. The third-order valence-corrected chi connectivity index (χ3v) is 7.99. The van der Waals surface area contributed by atoms with E-state index in [0.29, 0.717) is 36.7 Å². The maximum Gasteiger partial charge on any atom is 0.244 e. The molecule has 1 aliphatic heterocycles. The molecule has 2 amide bonds. The molecular weight excluding hydrogens is 513 g/mol. The first-order chi connectivity index (χ1) is 18.2. The maximum atomic E-state index is 13.8. The van der Waals surface area contributed by atoms with Gasteiger partial charge >= 0.3 is 0 Å². The number of hydrogen-bond acceptors (Lipinski definition) is 6. The topological polar surface area (TPSA) is 105 Å². The fourth-order valence-corrected chi connectivity index (χ4v) is 5.72. The molecule has 2 aliphatic rings. The Morgan fingerprint density at radius 3 is 2.34 bits per heavy atom. The van der Waals surface area contributed by atoms with Crippen LogP contribution in [0, 0.1) is 5.82 Å². The average molecular weight is 548 g/mol. The third kappa shape index (κ3) is 6.75. The van der Waals surface area contributed by atoms with Crippen LogP contribution in [-0.4, -0.2) is 63.2 Å². The van der Waals surface area contributed by atoms with Crippen LogP contribution in [-0.2, 0) is 26.2 Å². The highest BCUT2D eigenvalue weighted by molar-refractivity contribution is 7.92. The molecule has 9 nitrogen and oxygen atoms in total. The molecule has 1 aliphatic carbocycles. The second-order valence-corrected chi connectivity index (χ2v) is 11.6. The summed E-state index contributed by atoms with van der Waals surface area (Å²) in [7, 11) is -3.88. The van der Waals surface area contributed by atoms with Crippen molar-refractivity contribution >= 4 is 27.5 Å². The molecule has 38 heavy (non-hydrogen) atoms. The number of halogens is 1. The van der Waals surface area contributed by atoms with Gasteiger partial charge in [0, 0.05) is 18.7 Å². The number of amides is 2. The summed E-state index contributed by atoms with van der Waals surface area (Å²) in [6, 6.07) is 9.59. The lowest BCUT2D eigenvalue weighted by Gasteiger charge is -2.33. The number of hydrogen-bond donors (Lipinski definition) is 1. The second kappa shape index (κ2) is 12.0. The monoisotopic (exact) mass is 547 g/mol. The number of sulfonamides is 1. The highest BCUT2D eigenvalue weighted by Crippen LogP contribution is 2.34. The van der Waals surface area contributed by atoms with E-state index in [0.717, 1.165) is 36.2 Å². The molecule has 0 saturated heterocycles. The Balaban J connectivity index is 1.62. The van der Waals surface area contributed by atoms with Crippen LogP contribution in [0.1, 0.15) is 44.6 Å². The van der Waals surface area contributed by atoms with Crippen LogP contribution in [0.25, 0.3) is 0 Å². The summed E-state index contributed by atoms with van der Waals surface area (Å²) in [5.74, 6) is -0.365. The SMILES string of the molecule is CC[C@@H](C(=O)NC1CCCC1)N(Cc1ccc(F)cc1)C(=O)CN(c1ccc2c(c1)OCCO2)S(C)(=O)=O. The van der Waals surface area contributed by atoms with E-state index in [1.807, 2.05) is 0 Å². The molecule has 1 heterocycles. The number of fused-ring (bicyclic) bond motifs is 1. The zero-order valence-corrected chi connectivity index (χ0v) is 22.5. The normalized spacial score (nSPS) is 16.1. The molecule has 0 aromatic heterocycles. The van der Waals surface area contributed by atoms with Gasteiger partial charge in [-0.1, -0.05) is 31.9 Å². The Labute approximate surface area is 222 Å². The summed E-state index contributed by atoms with van der Waals surface area (Å²) < 4.78 is 51.3. The molecule has 1 N–H and O–H groups in total. The standard InChI is InChI=1S/C27H34FN3O6S/c1-3-23(27(33)29-21-6-4-5-7-21)30(17-19-8-10-20(28)11-9-19)26(32)18-31(38(2,34)35)22-12-13-24-25(16-22)37-15-14-36-24/h8-13,16,21,23H,3-7,14-15,17-18H2,1-2H3,(H,29,33)/t23-/m0/s1. The number of anilines is 1. The van der Waals surface area contributed by atoms with E-state index < -0.39 is 34.3 Å². The van der Waals surface area contributed by atoms with E-state index in [1.54, 1.807) is 31.2 Å². The fourth-order valence-electron chi connectivity index (χ4n) is 4.87. The van der Waals surface area contributed by atoms with Crippen molar-refractivity contribution in [3.05, 3.63) is 53.8 Å². The Morgan fingerprint density at radius 2 is 1.71 bits per heavy atom. The number of benzene rings is 2. The molecular formula is C27H34FN3O6S. The molecule has 2 aromatic rings. The first kappa shape index (κ1) is 27.7. The Kier molecular flexibility index (Phi) is 8.76. The zero-order chi connectivity index (χ0) is 27.3. The largest absolute Gasteiger partial charge is 0.486 e. The van der Waals surface area contributed by atoms with Crippen molar-refractivity contribution in [2.45, 2.75) is 57.7 Å². The van der Waals surface area contributed by atoms with E-state index in [-0.39, 0.29) is 24.2 Å². The Morgan fingerprint density at radius 1 is 1.05 bits per heavy atom. The van der Waals surface area contributed by atoms with Gasteiger partial charge in [0.05, 0.1) is 11.9 Å². The molecule has 206 valence electrons. The van der Waals surface area contributed by atoms with Gasteiger partial charge in [-0.3, -0.25) is 13.9 Å². The van der Waals surface area contributed by atoms with Gasteiger partial charge in [0.1, 0.15) is 31.6 Å². The third-order valence-electron chi connectivity index (χ3n) is 6.85. The Bertz CT molecular complexity index is 1250. The average Bonchev–Trinajstić information content (AvgIpc) is 3.40. The summed E-state index contributed by atoms with van der Waals surface area (Å²) in [4.78, 5) is 28.5. The predicted octanol–water partition coefficient (Wildman–Crippen LogP) is 3.23. The smallest absolute Gasteiger partial charge is 0.244 e. The van der Waals surface area contributed by atoms with E-state index in [2.05, 4.69) is 5.32 Å². The zero-order valence-electron chi connectivity index (χ0n) is 21.7. The number of nitrogens with zero attached hydrogens (tertiary/aromatic N) is 2. The van der Waals surface area contributed by atoms with Crippen molar-refractivity contribution in [1.82, 2.24) is 10.2 Å². The molecule has 4 rings (SSSR count). The van der Waals surface area contributed by atoms with Crippen LogP contribution in [0.4, 0.5) is 10.1 Å². The summed E-state index contributed by atoms with van der Waals surface area (Å²) in [5.41, 5.74) is 0.868. The fraction of sp³-hybridized carbons (Fsp3) is 0.481. The second-order valence-electron chi connectivity index (χ2n) is 9.66. The molecule has 11 heteroatoms. The minimum Gasteiger partial charge on any atom is -0.486 e. The van der Waals surface area contributed by atoms with Gasteiger partial charge < -0.3 is 19.7 Å². The number of rotatable bonds is 10. The molecule has 1 saturated carbocycles. The maximum absolute atomic E-state index is 13.8. The van der Waals surface area contributed by atoms with E-state index in [4.69, 9.17) is 9.47 Å². The quantitative estimate of drug-likeness (QED) is 0.490. The number of nitrogens with one attached hydrogen (secondary N) is 1. The highest BCUT2D eigenvalue weighted by Gasteiger charge is 2.33. The van der Waals surface area contributed by atoms with Gasteiger partial charge in [0.2, 0.25) is 21.8 Å². The van der Waals surface area contributed by atoms with Gasteiger partial charge in [-0.2, -0.15) is 0 Å². The first-order valence-corrected chi connectivity index (χ1v) is 14.7. The molecule has 1 atom stereocenters. The van der Waals surface area contributed by atoms with Gasteiger partial charge in [0.25, 0.3) is 0 Å². The van der Waals surface area contributed by atoms with E-state index in [9.17, 15) is 22.4 Å². The van der Waals surface area contributed by atoms with Crippen molar-refractivity contribution < 1.29 is 31.9 Å². The van der Waals surface area contributed by atoms with Crippen molar-refractivity contribution in [2.75, 3.05) is 30.3 Å². The first-order valence-electron chi connectivity index (χ1n) is 12.9. The van der Waals surface area contributed by atoms with Crippen LogP contribution in [0.2, 0.25) is 0 Å². The Hall–Kier alpha value is -3.34. The van der Waals surface area contributed by atoms with Crippen LogP contribution in [0.5, 0.6) is 11.5 Å². The molecule has 1 fully saturated rings. The summed E-state index contributed by atoms with van der Waals surface area (Å²) in [5, 5.41) is 3.05. The summed E-state index contributed by atoms with van der Waals surface area (Å²) in [6.45, 7) is 2.02. The molecule has 0 unspecified atom stereocenters.